The first kappa shape index (κ1) is 28.4. The Balaban J connectivity index is 1.45. The van der Waals surface area contributed by atoms with E-state index in [9.17, 15) is 0 Å². The summed E-state index contributed by atoms with van der Waals surface area (Å²) in [7, 11) is 0. The number of thiocarbonyl (C=S) groups is 1. The first-order chi connectivity index (χ1) is 19.7. The molecule has 4 heterocycles. The predicted octanol–water partition coefficient (Wildman–Crippen LogP) is 8.86. The first-order valence-corrected chi connectivity index (χ1v) is 15.5. The summed E-state index contributed by atoms with van der Waals surface area (Å²) in [6.07, 6.45) is 4.18. The first-order valence-electron chi connectivity index (χ1n) is 13.9. The van der Waals surface area contributed by atoms with Crippen molar-refractivity contribution in [3.63, 3.8) is 0 Å². The Bertz CT molecular complexity index is 1600. The fourth-order valence-corrected chi connectivity index (χ4v) is 7.35. The molecule has 2 aromatic heterocycles. The Kier molecular flexibility index (Phi) is 7.94. The van der Waals surface area contributed by atoms with Crippen molar-refractivity contribution in [1.29, 1.82) is 0 Å². The lowest BCUT2D eigenvalue weighted by atomic mass is 9.96. The van der Waals surface area contributed by atoms with Gasteiger partial charge in [-0.15, -0.1) is 0 Å². The lowest BCUT2D eigenvalue weighted by Crippen LogP contribution is -2.33. The van der Waals surface area contributed by atoms with Gasteiger partial charge < -0.3 is 19.7 Å². The number of nitrogens with zero attached hydrogens (tertiary/aromatic N) is 4. The SMILES string of the molecule is Cc1cc([C@@H]2[C@H](c3ccccn3)NC(=S)N2c2ccc(N3CCC(C)CC3)c(Cl)c2)c(C)n1-c1ccc(Cl)cc1Cl. The number of piperidine rings is 1. The highest BCUT2D eigenvalue weighted by Gasteiger charge is 2.42. The van der Waals surface area contributed by atoms with Crippen LogP contribution in [0.15, 0.2) is 66.9 Å². The van der Waals surface area contributed by atoms with E-state index in [-0.39, 0.29) is 12.1 Å². The van der Waals surface area contributed by atoms with Crippen LogP contribution in [0.4, 0.5) is 11.4 Å². The molecular weight excluding hydrogens is 593 g/mol. The highest BCUT2D eigenvalue weighted by atomic mass is 35.5. The molecule has 2 aromatic carbocycles. The van der Waals surface area contributed by atoms with Crippen molar-refractivity contribution < 1.29 is 0 Å². The maximum Gasteiger partial charge on any atom is 0.174 e. The largest absolute Gasteiger partial charge is 0.370 e. The van der Waals surface area contributed by atoms with Crippen LogP contribution in [0.1, 0.15) is 54.5 Å². The van der Waals surface area contributed by atoms with Gasteiger partial charge in [0.2, 0.25) is 0 Å². The molecule has 212 valence electrons. The summed E-state index contributed by atoms with van der Waals surface area (Å²) < 4.78 is 2.18. The maximum atomic E-state index is 6.97. The van der Waals surface area contributed by atoms with Crippen molar-refractivity contribution in [2.24, 2.45) is 5.92 Å². The van der Waals surface area contributed by atoms with Crippen LogP contribution in [0.3, 0.4) is 0 Å². The molecule has 2 saturated heterocycles. The number of rotatable bonds is 5. The molecule has 9 heteroatoms. The fourth-order valence-electron chi connectivity index (χ4n) is 6.22. The molecule has 0 spiro atoms. The van der Waals surface area contributed by atoms with Crippen molar-refractivity contribution >= 4 is 63.5 Å². The number of nitrogens with one attached hydrogen (secondary N) is 1. The summed E-state index contributed by atoms with van der Waals surface area (Å²) in [6, 6.07) is 19.8. The topological polar surface area (TPSA) is 36.3 Å². The van der Waals surface area contributed by atoms with E-state index < -0.39 is 0 Å². The summed E-state index contributed by atoms with van der Waals surface area (Å²) in [6.45, 7) is 8.57. The number of benzene rings is 2. The molecule has 6 rings (SSSR count). The molecule has 1 N–H and O–H groups in total. The number of aromatic nitrogens is 2. The van der Waals surface area contributed by atoms with Gasteiger partial charge in [-0.1, -0.05) is 47.8 Å². The second-order valence-corrected chi connectivity index (χ2v) is 12.7. The van der Waals surface area contributed by atoms with Crippen LogP contribution in [0.2, 0.25) is 15.1 Å². The molecule has 0 bridgehead atoms. The summed E-state index contributed by atoms with van der Waals surface area (Å²) in [4.78, 5) is 9.29. The molecule has 5 nitrogen and oxygen atoms in total. The highest BCUT2D eigenvalue weighted by Crippen LogP contribution is 2.45. The van der Waals surface area contributed by atoms with E-state index in [0.717, 1.165) is 63.7 Å². The molecule has 2 fully saturated rings. The lowest BCUT2D eigenvalue weighted by Gasteiger charge is -2.33. The zero-order valence-electron chi connectivity index (χ0n) is 23.2. The van der Waals surface area contributed by atoms with Crippen LogP contribution in [-0.4, -0.2) is 27.8 Å². The molecule has 0 radical (unpaired) electrons. The quantitative estimate of drug-likeness (QED) is 0.225. The Morgan fingerprint density at radius 1 is 0.902 bits per heavy atom. The molecule has 2 atom stereocenters. The van der Waals surface area contributed by atoms with E-state index in [2.05, 4.69) is 58.7 Å². The van der Waals surface area contributed by atoms with Crippen LogP contribution < -0.4 is 15.1 Å². The number of anilines is 2. The van der Waals surface area contributed by atoms with E-state index in [4.69, 9.17) is 52.0 Å². The standard InChI is InChI=1S/C32H32Cl3N5S/c1-19-11-14-38(15-12-19)28-10-8-23(18-26(28)35)40-31(30(37-32(40)41)27-6-4-5-13-36-27)24-16-20(2)39(21(24)3)29-9-7-22(33)17-25(29)34/h4-10,13,16-19,30-31H,11-12,14-15H2,1-3H3,(H,37,41)/t30-,31+/m0/s1. The van der Waals surface area contributed by atoms with Gasteiger partial charge in [-0.3, -0.25) is 4.98 Å². The normalized spacial score (nSPS) is 19.6. The Hall–Kier alpha value is -2.77. The Morgan fingerprint density at radius 2 is 1.63 bits per heavy atom. The minimum absolute atomic E-state index is 0.166. The van der Waals surface area contributed by atoms with Crippen LogP contribution in [0.5, 0.6) is 0 Å². The van der Waals surface area contributed by atoms with Gasteiger partial charge in [-0.25, -0.2) is 0 Å². The third-order valence-corrected chi connectivity index (χ3v) is 9.53. The molecule has 41 heavy (non-hydrogen) atoms. The molecule has 2 aliphatic heterocycles. The van der Waals surface area contributed by atoms with Crippen LogP contribution >= 0.6 is 47.0 Å². The number of aryl methyl sites for hydroxylation is 1. The molecule has 0 unspecified atom stereocenters. The van der Waals surface area contributed by atoms with Crippen LogP contribution in [0, 0.1) is 19.8 Å². The summed E-state index contributed by atoms with van der Waals surface area (Å²) in [5, 5.41) is 6.14. The zero-order valence-corrected chi connectivity index (χ0v) is 26.3. The number of hydrogen-bond donors (Lipinski definition) is 1. The van der Waals surface area contributed by atoms with Gasteiger partial charge in [0, 0.05) is 41.4 Å². The Morgan fingerprint density at radius 3 is 2.32 bits per heavy atom. The van der Waals surface area contributed by atoms with Crippen molar-refractivity contribution in [3.05, 3.63) is 105 Å². The minimum Gasteiger partial charge on any atom is -0.370 e. The van der Waals surface area contributed by atoms with Gasteiger partial charge in [0.15, 0.2) is 5.11 Å². The van der Waals surface area contributed by atoms with Gasteiger partial charge >= 0.3 is 0 Å². The van der Waals surface area contributed by atoms with Crippen molar-refractivity contribution in [2.45, 2.75) is 45.7 Å². The van der Waals surface area contributed by atoms with Crippen molar-refractivity contribution in [2.75, 3.05) is 22.9 Å². The molecule has 0 aliphatic carbocycles. The smallest absolute Gasteiger partial charge is 0.174 e. The van der Waals surface area contributed by atoms with Gasteiger partial charge in [0.1, 0.15) is 0 Å². The van der Waals surface area contributed by atoms with Crippen molar-refractivity contribution in [3.8, 4) is 5.69 Å². The highest BCUT2D eigenvalue weighted by molar-refractivity contribution is 7.80. The molecule has 2 aliphatic rings. The second-order valence-electron chi connectivity index (χ2n) is 11.1. The average Bonchev–Trinajstić information content (AvgIpc) is 3.45. The third kappa shape index (κ3) is 5.32. The summed E-state index contributed by atoms with van der Waals surface area (Å²) in [5.74, 6) is 0.753. The second kappa shape index (κ2) is 11.5. The van der Waals surface area contributed by atoms with E-state index in [1.165, 1.54) is 12.8 Å². The van der Waals surface area contributed by atoms with Crippen LogP contribution in [0.25, 0.3) is 5.69 Å². The van der Waals surface area contributed by atoms with E-state index in [1.54, 1.807) is 6.07 Å². The van der Waals surface area contributed by atoms with Gasteiger partial charge in [0.05, 0.1) is 39.2 Å². The minimum atomic E-state index is -0.166. The van der Waals surface area contributed by atoms with E-state index in [0.29, 0.717) is 15.2 Å². The molecule has 0 amide bonds. The fraction of sp³-hybridized carbons (Fsp3) is 0.312. The van der Waals surface area contributed by atoms with Gasteiger partial charge in [-0.05, 0) is 105 Å². The Labute approximate surface area is 262 Å². The predicted molar refractivity (Wildman–Crippen MR) is 175 cm³/mol. The molecule has 4 aromatic rings. The van der Waals surface area contributed by atoms with E-state index in [1.807, 2.05) is 42.6 Å². The summed E-state index contributed by atoms with van der Waals surface area (Å²) >= 11 is 25.9. The number of halogens is 3. The molecular formula is C32H32Cl3N5S. The van der Waals surface area contributed by atoms with E-state index >= 15 is 0 Å². The monoisotopic (exact) mass is 623 g/mol. The zero-order chi connectivity index (χ0) is 28.8. The maximum absolute atomic E-state index is 6.97. The summed E-state index contributed by atoms with van der Waals surface area (Å²) in [5.41, 5.74) is 7.08. The third-order valence-electron chi connectivity index (χ3n) is 8.37. The average molecular weight is 625 g/mol. The lowest BCUT2D eigenvalue weighted by molar-refractivity contribution is 0.438. The molecule has 0 saturated carbocycles. The van der Waals surface area contributed by atoms with Gasteiger partial charge in [-0.2, -0.15) is 0 Å². The van der Waals surface area contributed by atoms with Crippen molar-refractivity contribution in [1.82, 2.24) is 14.9 Å². The number of pyridine rings is 1. The van der Waals surface area contributed by atoms with Crippen LogP contribution in [-0.2, 0) is 0 Å². The van der Waals surface area contributed by atoms with Gasteiger partial charge in [0.25, 0.3) is 0 Å². The number of hydrogen-bond acceptors (Lipinski definition) is 3.